The predicted molar refractivity (Wildman–Crippen MR) is 58.2 cm³/mol. The Morgan fingerprint density at radius 1 is 1.36 bits per heavy atom. The van der Waals surface area contributed by atoms with Crippen molar-refractivity contribution in [3.05, 3.63) is 27.7 Å². The highest BCUT2D eigenvalue weighted by Gasteiger charge is 2.28. The van der Waals surface area contributed by atoms with Crippen LogP contribution >= 0.6 is 23.2 Å². The number of carbonyl (C=O) groups excluding carboxylic acids is 1. The van der Waals surface area contributed by atoms with Gasteiger partial charge >= 0.3 is 0 Å². The summed E-state index contributed by atoms with van der Waals surface area (Å²) < 4.78 is 0. The molecule has 0 atom stereocenters. The van der Waals surface area contributed by atoms with Crippen LogP contribution in [0.15, 0.2) is 12.1 Å². The van der Waals surface area contributed by atoms with Gasteiger partial charge in [0.2, 0.25) is 5.91 Å². The summed E-state index contributed by atoms with van der Waals surface area (Å²) in [6, 6.07) is 3.61. The summed E-state index contributed by atoms with van der Waals surface area (Å²) in [6.07, 6.45) is 0.599. The van der Waals surface area contributed by atoms with Crippen molar-refractivity contribution in [2.75, 3.05) is 11.4 Å². The zero-order valence-electron chi connectivity index (χ0n) is 7.68. The van der Waals surface area contributed by atoms with Gasteiger partial charge in [-0.15, -0.1) is 0 Å². The highest BCUT2D eigenvalue weighted by Crippen LogP contribution is 2.37. The molecule has 0 unspecified atom stereocenters. The molecule has 1 amide bonds. The molecule has 4 heteroatoms. The van der Waals surface area contributed by atoms with Crippen molar-refractivity contribution in [1.82, 2.24) is 0 Å². The molecule has 1 aromatic carbocycles. The highest BCUT2D eigenvalue weighted by molar-refractivity contribution is 6.44. The molecule has 1 aliphatic rings. The fraction of sp³-hybridized carbons (Fsp3) is 0.300. The second-order valence-corrected chi connectivity index (χ2v) is 4.11. The maximum Gasteiger partial charge on any atom is 0.228 e. The van der Waals surface area contributed by atoms with E-state index in [4.69, 9.17) is 23.2 Å². The molecule has 1 aliphatic heterocycles. The molecule has 2 rings (SSSR count). The van der Waals surface area contributed by atoms with Gasteiger partial charge in [0.15, 0.2) is 0 Å². The van der Waals surface area contributed by atoms with Gasteiger partial charge in [-0.2, -0.15) is 0 Å². The SMILES string of the molecule is Cc1ccc(Cl)c(Cl)c1N1CCC1=O. The van der Waals surface area contributed by atoms with Crippen molar-refractivity contribution in [3.8, 4) is 0 Å². The molecule has 0 N–H and O–H groups in total. The van der Waals surface area contributed by atoms with Crippen LogP contribution < -0.4 is 4.90 Å². The van der Waals surface area contributed by atoms with E-state index in [0.29, 0.717) is 16.5 Å². The Hall–Kier alpha value is -0.730. The number of rotatable bonds is 1. The Bertz CT molecular complexity index is 403. The van der Waals surface area contributed by atoms with Gasteiger partial charge < -0.3 is 4.90 Å². The van der Waals surface area contributed by atoms with Crippen molar-refractivity contribution >= 4 is 34.8 Å². The zero-order chi connectivity index (χ0) is 10.3. The van der Waals surface area contributed by atoms with Crippen molar-refractivity contribution in [2.24, 2.45) is 0 Å². The molecule has 0 radical (unpaired) electrons. The fourth-order valence-corrected chi connectivity index (χ4v) is 1.99. The normalized spacial score (nSPS) is 15.6. The number of hydrogen-bond acceptors (Lipinski definition) is 1. The van der Waals surface area contributed by atoms with Crippen LogP contribution in [0.4, 0.5) is 5.69 Å². The van der Waals surface area contributed by atoms with Gasteiger partial charge in [-0.3, -0.25) is 4.79 Å². The molecule has 1 heterocycles. The zero-order valence-corrected chi connectivity index (χ0v) is 9.19. The maximum absolute atomic E-state index is 11.3. The maximum atomic E-state index is 11.3. The number of aryl methyl sites for hydroxylation is 1. The van der Waals surface area contributed by atoms with Gasteiger partial charge in [0.25, 0.3) is 0 Å². The van der Waals surface area contributed by atoms with Crippen molar-refractivity contribution < 1.29 is 4.79 Å². The van der Waals surface area contributed by atoms with Crippen LogP contribution in [0.25, 0.3) is 0 Å². The van der Waals surface area contributed by atoms with Gasteiger partial charge in [0.05, 0.1) is 15.7 Å². The first-order valence-corrected chi connectivity index (χ1v) is 5.12. The molecule has 0 aromatic heterocycles. The van der Waals surface area contributed by atoms with Gasteiger partial charge in [-0.05, 0) is 18.6 Å². The summed E-state index contributed by atoms with van der Waals surface area (Å²) in [5.74, 6) is 0.109. The first kappa shape index (κ1) is 9.81. The average Bonchev–Trinajstić information content (AvgIpc) is 2.16. The number of nitrogens with zero attached hydrogens (tertiary/aromatic N) is 1. The smallest absolute Gasteiger partial charge is 0.228 e. The van der Waals surface area contributed by atoms with Crippen LogP contribution in [0.5, 0.6) is 0 Å². The third-order valence-electron chi connectivity index (χ3n) is 2.39. The van der Waals surface area contributed by atoms with Crippen LogP contribution in [0.2, 0.25) is 10.0 Å². The number of hydrogen-bond donors (Lipinski definition) is 0. The number of halogens is 2. The first-order chi connectivity index (χ1) is 6.61. The van der Waals surface area contributed by atoms with Crippen LogP contribution in [0, 0.1) is 6.92 Å². The molecule has 14 heavy (non-hydrogen) atoms. The second kappa shape index (κ2) is 3.44. The largest absolute Gasteiger partial charge is 0.310 e. The Kier molecular flexibility index (Phi) is 2.41. The van der Waals surface area contributed by atoms with E-state index in [-0.39, 0.29) is 5.91 Å². The number of β-lactam (4-membered cyclic amide) rings is 1. The second-order valence-electron chi connectivity index (χ2n) is 3.32. The van der Waals surface area contributed by atoms with Gasteiger partial charge in [-0.1, -0.05) is 29.3 Å². The van der Waals surface area contributed by atoms with Gasteiger partial charge in [0, 0.05) is 13.0 Å². The number of benzene rings is 1. The summed E-state index contributed by atoms with van der Waals surface area (Å²) in [4.78, 5) is 12.9. The minimum absolute atomic E-state index is 0.109. The molecule has 0 saturated carbocycles. The standard InChI is InChI=1S/C10H9Cl2NO/c1-6-2-3-7(11)9(12)10(6)13-5-4-8(13)14/h2-3H,4-5H2,1H3. The molecule has 0 spiro atoms. The molecule has 1 saturated heterocycles. The van der Waals surface area contributed by atoms with Crippen LogP contribution in [-0.2, 0) is 4.79 Å². The molecular formula is C10H9Cl2NO. The summed E-state index contributed by atoms with van der Waals surface area (Å²) >= 11 is 11.9. The van der Waals surface area contributed by atoms with E-state index in [9.17, 15) is 4.79 Å². The lowest BCUT2D eigenvalue weighted by molar-refractivity contribution is -0.122. The minimum Gasteiger partial charge on any atom is -0.310 e. The van der Waals surface area contributed by atoms with Crippen molar-refractivity contribution in [2.45, 2.75) is 13.3 Å². The summed E-state index contributed by atoms with van der Waals surface area (Å²) in [6.45, 7) is 2.66. The quantitative estimate of drug-likeness (QED) is 0.679. The number of anilines is 1. The van der Waals surface area contributed by atoms with Gasteiger partial charge in [0.1, 0.15) is 0 Å². The van der Waals surface area contributed by atoms with Gasteiger partial charge in [-0.25, -0.2) is 0 Å². The average molecular weight is 230 g/mol. The first-order valence-electron chi connectivity index (χ1n) is 4.36. The molecule has 74 valence electrons. The van der Waals surface area contributed by atoms with Crippen molar-refractivity contribution in [1.29, 1.82) is 0 Å². The molecule has 2 nitrogen and oxygen atoms in total. The Labute approximate surface area is 92.4 Å². The Morgan fingerprint density at radius 3 is 2.57 bits per heavy atom. The van der Waals surface area contributed by atoms with Crippen LogP contribution in [-0.4, -0.2) is 12.5 Å². The Morgan fingerprint density at radius 2 is 2.07 bits per heavy atom. The van der Waals surface area contributed by atoms with Crippen LogP contribution in [0.3, 0.4) is 0 Å². The van der Waals surface area contributed by atoms with E-state index >= 15 is 0 Å². The van der Waals surface area contributed by atoms with E-state index in [1.807, 2.05) is 13.0 Å². The molecular weight excluding hydrogens is 221 g/mol. The van der Waals surface area contributed by atoms with E-state index in [2.05, 4.69) is 0 Å². The van der Waals surface area contributed by atoms with Crippen LogP contribution in [0.1, 0.15) is 12.0 Å². The highest BCUT2D eigenvalue weighted by atomic mass is 35.5. The summed E-state index contributed by atoms with van der Waals surface area (Å²) in [5.41, 5.74) is 1.74. The van der Waals surface area contributed by atoms with E-state index in [0.717, 1.165) is 17.8 Å². The topological polar surface area (TPSA) is 20.3 Å². The molecule has 0 aliphatic carbocycles. The molecule has 0 bridgehead atoms. The summed E-state index contributed by atoms with van der Waals surface area (Å²) in [7, 11) is 0. The lowest BCUT2D eigenvalue weighted by Crippen LogP contribution is -2.44. The number of amides is 1. The van der Waals surface area contributed by atoms with E-state index < -0.39 is 0 Å². The lowest BCUT2D eigenvalue weighted by Gasteiger charge is -2.32. The molecule has 1 aromatic rings. The molecule has 1 fully saturated rings. The van der Waals surface area contributed by atoms with E-state index in [1.165, 1.54) is 0 Å². The monoisotopic (exact) mass is 229 g/mol. The predicted octanol–water partition coefficient (Wildman–Crippen LogP) is 3.04. The number of carbonyl (C=O) groups is 1. The minimum atomic E-state index is 0.109. The lowest BCUT2D eigenvalue weighted by atomic mass is 10.1. The summed E-state index contributed by atoms with van der Waals surface area (Å²) in [5, 5.41) is 0.965. The Balaban J connectivity index is 2.50. The third-order valence-corrected chi connectivity index (χ3v) is 3.19. The third kappa shape index (κ3) is 1.39. The van der Waals surface area contributed by atoms with E-state index in [1.54, 1.807) is 11.0 Å². The van der Waals surface area contributed by atoms with Crippen molar-refractivity contribution in [3.63, 3.8) is 0 Å². The fourth-order valence-electron chi connectivity index (χ4n) is 1.52.